The largest absolute Gasteiger partial charge is 0.324 e. The molecule has 0 bridgehead atoms. The fourth-order valence-electron chi connectivity index (χ4n) is 3.14. The van der Waals surface area contributed by atoms with Crippen molar-refractivity contribution in [2.45, 2.75) is 64.3 Å². The van der Waals surface area contributed by atoms with E-state index in [9.17, 15) is 0 Å². The molecule has 1 saturated carbocycles. The zero-order valence-electron chi connectivity index (χ0n) is 11.7. The van der Waals surface area contributed by atoms with Gasteiger partial charge in [0.2, 0.25) is 0 Å². The van der Waals surface area contributed by atoms with E-state index in [1.165, 1.54) is 62.5 Å². The van der Waals surface area contributed by atoms with Crippen molar-refractivity contribution >= 4 is 0 Å². The lowest BCUT2D eigenvalue weighted by Gasteiger charge is -2.23. The molecule has 0 aliphatic heterocycles. The highest BCUT2D eigenvalue weighted by molar-refractivity contribution is 5.25. The molecule has 0 saturated heterocycles. The normalized spacial score (nSPS) is 19.4. The Bertz CT molecular complexity index is 333. The van der Waals surface area contributed by atoms with Gasteiger partial charge in [-0.2, -0.15) is 0 Å². The van der Waals surface area contributed by atoms with Gasteiger partial charge in [-0.1, -0.05) is 63.3 Å². The van der Waals surface area contributed by atoms with Crippen molar-refractivity contribution in [3.8, 4) is 0 Å². The van der Waals surface area contributed by atoms with Crippen molar-refractivity contribution < 1.29 is 0 Å². The lowest BCUT2D eigenvalue weighted by molar-refractivity contribution is 0.382. The molecule has 1 unspecified atom stereocenters. The molecular formula is C17H27N. The quantitative estimate of drug-likeness (QED) is 0.770. The fraction of sp³-hybridized carbons (Fsp3) is 0.647. The lowest BCUT2D eigenvalue weighted by Crippen LogP contribution is -2.21. The lowest BCUT2D eigenvalue weighted by atomic mass is 9.87. The molecule has 1 aromatic carbocycles. The Labute approximate surface area is 112 Å². The summed E-state index contributed by atoms with van der Waals surface area (Å²) < 4.78 is 0. The second-order valence-electron chi connectivity index (χ2n) is 5.77. The Hall–Kier alpha value is -0.820. The average molecular weight is 245 g/mol. The van der Waals surface area contributed by atoms with Gasteiger partial charge in [0, 0.05) is 6.04 Å². The molecule has 1 fully saturated rings. The molecule has 1 aliphatic carbocycles. The summed E-state index contributed by atoms with van der Waals surface area (Å²) in [6.45, 7) is 2.23. The molecule has 100 valence electrons. The average Bonchev–Trinajstić information content (AvgIpc) is 2.68. The molecule has 0 amide bonds. The molecule has 0 radical (unpaired) electrons. The third-order valence-corrected chi connectivity index (χ3v) is 4.31. The molecule has 1 atom stereocenters. The number of hydrogen-bond donors (Lipinski definition) is 1. The van der Waals surface area contributed by atoms with Crippen LogP contribution in [0.3, 0.4) is 0 Å². The Balaban J connectivity index is 2.00. The van der Waals surface area contributed by atoms with Crippen molar-refractivity contribution in [3.63, 3.8) is 0 Å². The summed E-state index contributed by atoms with van der Waals surface area (Å²) in [6.07, 6.45) is 10.6. The van der Waals surface area contributed by atoms with Crippen LogP contribution < -0.4 is 5.73 Å². The molecule has 0 aromatic heterocycles. The first-order valence-electron chi connectivity index (χ1n) is 7.65. The van der Waals surface area contributed by atoms with Crippen molar-refractivity contribution in [3.05, 3.63) is 35.4 Å². The van der Waals surface area contributed by atoms with Gasteiger partial charge < -0.3 is 5.73 Å². The number of hydrogen-bond acceptors (Lipinski definition) is 1. The van der Waals surface area contributed by atoms with E-state index in [2.05, 4.69) is 31.2 Å². The molecule has 0 heterocycles. The van der Waals surface area contributed by atoms with Crippen LogP contribution in [0, 0.1) is 5.92 Å². The Morgan fingerprint density at radius 2 is 1.67 bits per heavy atom. The first-order valence-corrected chi connectivity index (χ1v) is 7.65. The van der Waals surface area contributed by atoms with Crippen molar-refractivity contribution in [1.29, 1.82) is 0 Å². The van der Waals surface area contributed by atoms with E-state index in [-0.39, 0.29) is 6.04 Å². The Morgan fingerprint density at radius 1 is 1.06 bits per heavy atom. The molecule has 1 nitrogen and oxygen atoms in total. The van der Waals surface area contributed by atoms with Gasteiger partial charge in [-0.3, -0.25) is 0 Å². The molecule has 2 rings (SSSR count). The molecular weight excluding hydrogens is 218 g/mol. The number of benzene rings is 1. The first-order chi connectivity index (χ1) is 8.81. The van der Waals surface area contributed by atoms with E-state index >= 15 is 0 Å². The monoisotopic (exact) mass is 245 g/mol. The van der Waals surface area contributed by atoms with E-state index in [0.717, 1.165) is 0 Å². The van der Waals surface area contributed by atoms with Gasteiger partial charge in [-0.05, 0) is 36.3 Å². The fourth-order valence-corrected chi connectivity index (χ4v) is 3.14. The first kappa shape index (κ1) is 13.6. The van der Waals surface area contributed by atoms with Crippen molar-refractivity contribution in [1.82, 2.24) is 0 Å². The third kappa shape index (κ3) is 3.58. The zero-order chi connectivity index (χ0) is 12.8. The summed E-state index contributed by atoms with van der Waals surface area (Å²) >= 11 is 0. The van der Waals surface area contributed by atoms with Crippen LogP contribution in [0.2, 0.25) is 0 Å². The number of nitrogens with two attached hydrogens (primary N) is 1. The van der Waals surface area contributed by atoms with E-state index in [4.69, 9.17) is 5.73 Å². The molecule has 1 aliphatic rings. The van der Waals surface area contributed by atoms with Gasteiger partial charge in [0.25, 0.3) is 0 Å². The van der Waals surface area contributed by atoms with Crippen LogP contribution in [0.5, 0.6) is 0 Å². The summed E-state index contributed by atoms with van der Waals surface area (Å²) in [7, 11) is 0. The van der Waals surface area contributed by atoms with E-state index in [1.54, 1.807) is 0 Å². The van der Waals surface area contributed by atoms with Gasteiger partial charge in [-0.15, -0.1) is 0 Å². The topological polar surface area (TPSA) is 26.0 Å². The summed E-state index contributed by atoms with van der Waals surface area (Å²) in [4.78, 5) is 0. The maximum absolute atomic E-state index is 6.46. The predicted octanol–water partition coefficient (Wildman–Crippen LogP) is 4.61. The van der Waals surface area contributed by atoms with Crippen LogP contribution in [-0.4, -0.2) is 0 Å². The van der Waals surface area contributed by atoms with Crippen LogP contribution in [0.4, 0.5) is 0 Å². The summed E-state index contributed by atoms with van der Waals surface area (Å²) in [6, 6.07) is 9.27. The van der Waals surface area contributed by atoms with E-state index in [1.807, 2.05) is 0 Å². The highest BCUT2D eigenvalue weighted by atomic mass is 14.7. The van der Waals surface area contributed by atoms with Crippen LogP contribution >= 0.6 is 0 Å². The molecule has 2 N–H and O–H groups in total. The van der Waals surface area contributed by atoms with Gasteiger partial charge in [0.1, 0.15) is 0 Å². The van der Waals surface area contributed by atoms with Crippen molar-refractivity contribution in [2.75, 3.05) is 0 Å². The minimum atomic E-state index is 0.249. The van der Waals surface area contributed by atoms with Gasteiger partial charge >= 0.3 is 0 Å². The summed E-state index contributed by atoms with van der Waals surface area (Å²) in [5, 5.41) is 0. The highest BCUT2D eigenvalue weighted by Gasteiger charge is 2.20. The van der Waals surface area contributed by atoms with Gasteiger partial charge in [-0.25, -0.2) is 0 Å². The van der Waals surface area contributed by atoms with Crippen molar-refractivity contribution in [2.24, 2.45) is 11.7 Å². The second-order valence-corrected chi connectivity index (χ2v) is 5.77. The Morgan fingerprint density at radius 3 is 2.22 bits per heavy atom. The van der Waals surface area contributed by atoms with Crippen LogP contribution in [0.15, 0.2) is 24.3 Å². The summed E-state index contributed by atoms with van der Waals surface area (Å²) in [5.41, 5.74) is 9.24. The Kier molecular flexibility index (Phi) is 5.25. The van der Waals surface area contributed by atoms with Gasteiger partial charge in [0.05, 0.1) is 0 Å². The highest BCUT2D eigenvalue weighted by Crippen LogP contribution is 2.32. The number of rotatable bonds is 4. The van der Waals surface area contributed by atoms with E-state index in [0.29, 0.717) is 5.92 Å². The molecule has 18 heavy (non-hydrogen) atoms. The molecule has 1 aromatic rings. The van der Waals surface area contributed by atoms with Crippen LogP contribution in [0.1, 0.15) is 69.0 Å². The smallest absolute Gasteiger partial charge is 0.0323 e. The summed E-state index contributed by atoms with van der Waals surface area (Å²) in [5.74, 6) is 0.699. The van der Waals surface area contributed by atoms with E-state index < -0.39 is 0 Å². The molecule has 1 heteroatoms. The van der Waals surface area contributed by atoms with Crippen LogP contribution in [-0.2, 0) is 6.42 Å². The number of aryl methyl sites for hydroxylation is 1. The zero-order valence-corrected chi connectivity index (χ0v) is 11.7. The molecule has 0 spiro atoms. The van der Waals surface area contributed by atoms with Crippen LogP contribution in [0.25, 0.3) is 0 Å². The SMILES string of the molecule is CCCc1ccc(C(N)C2CCCCCC2)cc1. The minimum absolute atomic E-state index is 0.249. The predicted molar refractivity (Wildman–Crippen MR) is 78.6 cm³/mol. The second kappa shape index (κ2) is 6.94. The third-order valence-electron chi connectivity index (χ3n) is 4.31. The maximum Gasteiger partial charge on any atom is 0.0323 e. The van der Waals surface area contributed by atoms with Gasteiger partial charge in [0.15, 0.2) is 0 Å². The minimum Gasteiger partial charge on any atom is -0.324 e. The standard InChI is InChI=1S/C17H27N/c1-2-7-14-10-12-16(13-11-14)17(18)15-8-5-3-4-6-9-15/h10-13,15,17H,2-9,18H2,1H3. The maximum atomic E-state index is 6.46.